The molecule has 1 fully saturated rings. The summed E-state index contributed by atoms with van der Waals surface area (Å²) in [5, 5.41) is 13.2. The van der Waals surface area contributed by atoms with Gasteiger partial charge < -0.3 is 9.64 Å². The normalized spacial score (nSPS) is 16.1. The number of alkyl halides is 3. The van der Waals surface area contributed by atoms with Gasteiger partial charge in [0.1, 0.15) is 5.60 Å². The van der Waals surface area contributed by atoms with Crippen molar-refractivity contribution in [3.8, 4) is 11.4 Å². The molecule has 11 heteroatoms. The summed E-state index contributed by atoms with van der Waals surface area (Å²) in [7, 11) is 0. The molecule has 0 aliphatic carbocycles. The molecular weight excluding hydrogens is 389 g/mol. The van der Waals surface area contributed by atoms with E-state index in [1.165, 1.54) is 6.07 Å². The Bertz CT molecular complexity index is 840. The Hall–Kier alpha value is -2.69. The van der Waals surface area contributed by atoms with Crippen LogP contribution in [-0.4, -0.2) is 68.3 Å². The van der Waals surface area contributed by atoms with Gasteiger partial charge in [-0.15, -0.1) is 5.10 Å². The fraction of sp³-hybridized carbons (Fsp3) is 0.556. The van der Waals surface area contributed by atoms with Crippen molar-refractivity contribution in [3.63, 3.8) is 0 Å². The number of rotatable bonds is 3. The molecule has 0 saturated carbocycles. The summed E-state index contributed by atoms with van der Waals surface area (Å²) < 4.78 is 44.7. The van der Waals surface area contributed by atoms with Crippen molar-refractivity contribution >= 4 is 6.09 Å². The number of aromatic amines is 1. The van der Waals surface area contributed by atoms with Crippen LogP contribution in [0, 0.1) is 0 Å². The number of piperazine rings is 1. The van der Waals surface area contributed by atoms with Crippen LogP contribution in [0.4, 0.5) is 18.0 Å². The highest BCUT2D eigenvalue weighted by molar-refractivity contribution is 5.68. The van der Waals surface area contributed by atoms with E-state index in [2.05, 4.69) is 25.5 Å². The van der Waals surface area contributed by atoms with Gasteiger partial charge in [-0.25, -0.2) is 9.89 Å². The van der Waals surface area contributed by atoms with Crippen molar-refractivity contribution in [1.82, 2.24) is 30.4 Å². The minimum absolute atomic E-state index is 0.179. The summed E-state index contributed by atoms with van der Waals surface area (Å²) in [6, 6.07) is 3.55. The number of amides is 1. The molecule has 1 aromatic heterocycles. The zero-order chi connectivity index (χ0) is 21.2. The number of benzene rings is 1. The third-order valence-corrected chi connectivity index (χ3v) is 4.46. The molecule has 1 aliphatic rings. The molecule has 1 amide bonds. The first-order valence-electron chi connectivity index (χ1n) is 9.17. The highest BCUT2D eigenvalue weighted by Gasteiger charge is 2.32. The number of nitrogens with zero attached hydrogens (tertiary/aromatic N) is 5. The molecule has 2 aromatic rings. The van der Waals surface area contributed by atoms with Gasteiger partial charge in [0.2, 0.25) is 0 Å². The predicted octanol–water partition coefficient (Wildman–Crippen LogP) is 2.94. The Morgan fingerprint density at radius 3 is 2.41 bits per heavy atom. The molecule has 1 saturated heterocycles. The molecule has 2 heterocycles. The van der Waals surface area contributed by atoms with Gasteiger partial charge in [-0.3, -0.25) is 4.90 Å². The van der Waals surface area contributed by atoms with E-state index < -0.39 is 17.3 Å². The van der Waals surface area contributed by atoms with E-state index in [9.17, 15) is 18.0 Å². The maximum absolute atomic E-state index is 13.1. The molecule has 29 heavy (non-hydrogen) atoms. The second kappa shape index (κ2) is 7.97. The lowest BCUT2D eigenvalue weighted by Gasteiger charge is -2.35. The topological polar surface area (TPSA) is 87.2 Å². The van der Waals surface area contributed by atoms with Crippen molar-refractivity contribution in [2.75, 3.05) is 26.2 Å². The van der Waals surface area contributed by atoms with Gasteiger partial charge in [-0.05, 0) is 48.9 Å². The second-order valence-electron chi connectivity index (χ2n) is 7.86. The third kappa shape index (κ3) is 5.43. The van der Waals surface area contributed by atoms with E-state index in [1.54, 1.807) is 4.90 Å². The molecule has 0 radical (unpaired) electrons. The molecule has 158 valence electrons. The van der Waals surface area contributed by atoms with E-state index in [0.717, 1.165) is 12.1 Å². The highest BCUT2D eigenvalue weighted by atomic mass is 19.4. The quantitative estimate of drug-likeness (QED) is 0.834. The molecular formula is C18H23F3N6O2. The smallest absolute Gasteiger partial charge is 0.416 e. The lowest BCUT2D eigenvalue weighted by molar-refractivity contribution is -0.137. The average Bonchev–Trinajstić information content (AvgIpc) is 3.14. The minimum atomic E-state index is -4.46. The van der Waals surface area contributed by atoms with Gasteiger partial charge in [0.05, 0.1) is 5.56 Å². The van der Waals surface area contributed by atoms with Crippen LogP contribution in [0.1, 0.15) is 31.9 Å². The Kier molecular flexibility index (Phi) is 5.78. The maximum atomic E-state index is 13.1. The molecule has 8 nitrogen and oxygen atoms in total. The molecule has 3 rings (SSSR count). The van der Waals surface area contributed by atoms with Gasteiger partial charge in [0, 0.05) is 38.3 Å². The average molecular weight is 412 g/mol. The van der Waals surface area contributed by atoms with Gasteiger partial charge >= 0.3 is 12.3 Å². The summed E-state index contributed by atoms with van der Waals surface area (Å²) in [6.45, 7) is 7.96. The number of H-pyrrole nitrogens is 1. The van der Waals surface area contributed by atoms with Gasteiger partial charge in [0.15, 0.2) is 5.82 Å². The zero-order valence-electron chi connectivity index (χ0n) is 16.5. The summed E-state index contributed by atoms with van der Waals surface area (Å²) in [5.74, 6) is 0.179. The fourth-order valence-electron chi connectivity index (χ4n) is 3.04. The van der Waals surface area contributed by atoms with E-state index in [0.29, 0.717) is 43.9 Å². The van der Waals surface area contributed by atoms with Crippen molar-refractivity contribution < 1.29 is 22.7 Å². The van der Waals surface area contributed by atoms with Gasteiger partial charge in [-0.2, -0.15) is 13.2 Å². The maximum Gasteiger partial charge on any atom is 0.416 e. The lowest BCUT2D eigenvalue weighted by atomic mass is 10.0. The standard InChI is InChI=1S/C18H23F3N6O2/c1-17(2,3)29-16(28)27-8-6-26(7-9-27)11-12-4-5-13(18(19,20)21)10-14(12)15-22-24-25-23-15/h4-5,10H,6-9,11H2,1-3H3,(H,22,23,24,25). The number of carbonyl (C=O) groups excluding carboxylic acids is 1. The molecule has 0 atom stereocenters. The first-order chi connectivity index (χ1) is 13.5. The number of carbonyl (C=O) groups is 1. The van der Waals surface area contributed by atoms with Crippen LogP contribution < -0.4 is 0 Å². The third-order valence-electron chi connectivity index (χ3n) is 4.46. The van der Waals surface area contributed by atoms with Crippen LogP contribution in [0.3, 0.4) is 0 Å². The summed E-state index contributed by atoms with van der Waals surface area (Å²) in [5.41, 5.74) is -0.349. The van der Waals surface area contributed by atoms with E-state index in [1.807, 2.05) is 20.8 Å². The van der Waals surface area contributed by atoms with Crippen LogP contribution in [0.2, 0.25) is 0 Å². The van der Waals surface area contributed by atoms with Crippen LogP contribution >= 0.6 is 0 Å². The van der Waals surface area contributed by atoms with Gasteiger partial charge in [-0.1, -0.05) is 6.07 Å². The van der Waals surface area contributed by atoms with E-state index in [4.69, 9.17) is 4.74 Å². The van der Waals surface area contributed by atoms with Crippen LogP contribution in [0.15, 0.2) is 18.2 Å². The van der Waals surface area contributed by atoms with Crippen molar-refractivity contribution in [2.24, 2.45) is 0 Å². The number of ether oxygens (including phenoxy) is 1. The number of nitrogens with one attached hydrogen (secondary N) is 1. The first kappa shape index (κ1) is 21.0. The summed E-state index contributed by atoms with van der Waals surface area (Å²) >= 11 is 0. The SMILES string of the molecule is CC(C)(C)OC(=O)N1CCN(Cc2ccc(C(F)(F)F)cc2-c2nnn[nH]2)CC1. The molecule has 0 spiro atoms. The Morgan fingerprint density at radius 2 is 1.86 bits per heavy atom. The number of aromatic nitrogens is 4. The van der Waals surface area contributed by atoms with Gasteiger partial charge in [0.25, 0.3) is 0 Å². The van der Waals surface area contributed by atoms with E-state index >= 15 is 0 Å². The van der Waals surface area contributed by atoms with Crippen molar-refractivity contribution in [2.45, 2.75) is 39.1 Å². The molecule has 1 N–H and O–H groups in total. The number of hydrogen-bond donors (Lipinski definition) is 1. The van der Waals surface area contributed by atoms with Crippen LogP contribution in [-0.2, 0) is 17.5 Å². The first-order valence-corrected chi connectivity index (χ1v) is 9.17. The summed E-state index contributed by atoms with van der Waals surface area (Å²) in [4.78, 5) is 15.9. The number of halogens is 3. The van der Waals surface area contributed by atoms with Crippen molar-refractivity contribution in [1.29, 1.82) is 0 Å². The van der Waals surface area contributed by atoms with Crippen LogP contribution in [0.5, 0.6) is 0 Å². The zero-order valence-corrected chi connectivity index (χ0v) is 16.5. The minimum Gasteiger partial charge on any atom is -0.444 e. The second-order valence-corrected chi connectivity index (χ2v) is 7.86. The lowest BCUT2D eigenvalue weighted by Crippen LogP contribution is -2.49. The molecule has 1 aliphatic heterocycles. The highest BCUT2D eigenvalue weighted by Crippen LogP contribution is 2.33. The fourth-order valence-corrected chi connectivity index (χ4v) is 3.04. The summed E-state index contributed by atoms with van der Waals surface area (Å²) in [6.07, 6.45) is -4.82. The Labute approximate surface area is 166 Å². The largest absolute Gasteiger partial charge is 0.444 e. The van der Waals surface area contributed by atoms with Crippen molar-refractivity contribution in [3.05, 3.63) is 29.3 Å². The van der Waals surface area contributed by atoms with E-state index in [-0.39, 0.29) is 11.9 Å². The van der Waals surface area contributed by atoms with Crippen LogP contribution in [0.25, 0.3) is 11.4 Å². The number of tetrazole rings is 1. The number of hydrogen-bond acceptors (Lipinski definition) is 6. The molecule has 0 unspecified atom stereocenters. The predicted molar refractivity (Wildman–Crippen MR) is 97.7 cm³/mol. The molecule has 0 bridgehead atoms. The Balaban J connectivity index is 1.70. The Morgan fingerprint density at radius 1 is 1.17 bits per heavy atom. The monoisotopic (exact) mass is 412 g/mol. The molecule has 1 aromatic carbocycles.